The molecule has 391 valence electrons. The van der Waals surface area contributed by atoms with Crippen LogP contribution >= 0.6 is 22.7 Å². The van der Waals surface area contributed by atoms with Gasteiger partial charge in [0.1, 0.15) is 29.5 Å². The fraction of sp³-hybridized carbons (Fsp3) is 0.218. The number of allylic oxidation sites excluding steroid dienone is 10. The van der Waals surface area contributed by atoms with Crippen LogP contribution in [0.15, 0.2) is 176 Å². The van der Waals surface area contributed by atoms with E-state index in [1.54, 1.807) is 13.8 Å². The van der Waals surface area contributed by atoms with E-state index in [0.29, 0.717) is 11.1 Å². The van der Waals surface area contributed by atoms with E-state index in [1.807, 2.05) is 0 Å². The third-order valence-corrected chi connectivity index (χ3v) is 14.6. The fourth-order valence-electron chi connectivity index (χ4n) is 9.66. The zero-order chi connectivity index (χ0) is 53.9. The predicted octanol–water partition coefficient (Wildman–Crippen LogP) is 10.3. The summed E-state index contributed by atoms with van der Waals surface area (Å²) in [6, 6.07) is 26.8. The van der Waals surface area contributed by atoms with Gasteiger partial charge in [-0.25, -0.2) is 0 Å². The van der Waals surface area contributed by atoms with Crippen LogP contribution in [0.1, 0.15) is 66.5 Å². The quantitative estimate of drug-likeness (QED) is 0.0628. The summed E-state index contributed by atoms with van der Waals surface area (Å²) < 4.78 is 2.50. The number of likely N-dealkylation sites (N-methyl/N-ethyl adjacent to an activating group) is 1. The molecule has 2 aromatic heterocycles. The maximum atomic E-state index is 11.1. The molecule has 21 heteroatoms. The summed E-state index contributed by atoms with van der Waals surface area (Å²) in [6.07, 6.45) is 13.8. The maximum Gasteiger partial charge on any atom is 0.319 e. The molecule has 0 bridgehead atoms. The molecule has 0 atom stereocenters. The first kappa shape index (κ1) is 55.5. The Bertz CT molecular complexity index is 3650. The Hall–Kier alpha value is -8.24. The molecule has 76 heavy (non-hydrogen) atoms. The van der Waals surface area contributed by atoms with Crippen molar-refractivity contribution >= 4 is 94.3 Å². The third kappa shape index (κ3) is 11.1. The van der Waals surface area contributed by atoms with Crippen LogP contribution in [0.3, 0.4) is 0 Å². The molecule has 6 aromatic rings. The van der Waals surface area contributed by atoms with E-state index >= 15 is 0 Å². The number of fused-ring (bicyclic) bond motifs is 6. The Morgan fingerprint density at radius 1 is 0.684 bits per heavy atom. The summed E-state index contributed by atoms with van der Waals surface area (Å²) in [7, 11) is 0. The molecule has 18 nitrogen and oxygen atoms in total. The van der Waals surface area contributed by atoms with Gasteiger partial charge in [0.25, 0.3) is 0 Å². The van der Waals surface area contributed by atoms with E-state index in [0.717, 1.165) is 60.3 Å². The van der Waals surface area contributed by atoms with E-state index < -0.39 is 9.85 Å². The molecule has 4 heterocycles. The summed E-state index contributed by atoms with van der Waals surface area (Å²) in [5.74, 6) is -1.25. The SMILES string of the molecule is CC1=CC(=O)C=C(O)/C1=N/N=c1\[n-]cc([N+](=O)[O-])s1.CC1=CC(=O)C=C(O)C1=N/N=c1\[n-]cc([N+](=O)[O-])s1.CCN1/C(=C/C=C/C2=[N+](CC)c3ccc4ccccc4c3C2(C)C)C(C)(C)c2c1ccc1ccccc21.[Co]. The number of nitro groups is 2. The van der Waals surface area contributed by atoms with Crippen LogP contribution in [0.2, 0.25) is 0 Å². The van der Waals surface area contributed by atoms with Gasteiger partial charge in [-0.15, -0.1) is 0 Å². The monoisotopic (exact) mass is 1100 g/mol. The maximum absolute atomic E-state index is 11.1. The summed E-state index contributed by atoms with van der Waals surface area (Å²) in [5, 5.41) is 60.0. The molecule has 0 spiro atoms. The normalized spacial score (nSPS) is 18.5. The fourth-order valence-corrected chi connectivity index (χ4v) is 10.8. The predicted molar refractivity (Wildman–Crippen MR) is 293 cm³/mol. The second-order valence-electron chi connectivity index (χ2n) is 18.5. The van der Waals surface area contributed by atoms with Gasteiger partial charge in [0.05, 0.1) is 15.3 Å². The number of carbonyl (C=O) groups is 2. The minimum Gasteiger partial charge on any atom is -0.506 e. The average molecular weight is 1100 g/mol. The minimum atomic E-state index is -0.578. The van der Waals surface area contributed by atoms with E-state index in [9.17, 15) is 40.0 Å². The number of aromatic nitrogens is 2. The first-order valence-electron chi connectivity index (χ1n) is 23.7. The molecule has 0 amide bonds. The molecule has 0 saturated heterocycles. The number of benzene rings is 4. The molecule has 4 aliphatic rings. The number of anilines is 1. The standard InChI is InChI=1S/C35H37N2.2C10H8N4O4S.Co/c1-7-36-28-22-20-24-14-9-11-16-26(24)32(28)34(3,4)30(36)18-13-19-31-35(5,6)33-27-17-12-10-15-25(27)21-23-29(33)37(31)8-2;2*1-5-2-6(15)3-7(16)9(5)12-13-10-11-4-8(19-10)14(17)18;/h9-23H,7-8H2,1-6H3;2*2-4H,1H3,(H2,11,13,15,16);/q+1;;;/p-2. The van der Waals surface area contributed by atoms with Gasteiger partial charge in [-0.3, -0.25) is 40.0 Å². The summed E-state index contributed by atoms with van der Waals surface area (Å²) in [5.41, 5.74) is 9.33. The second-order valence-corrected chi connectivity index (χ2v) is 20.5. The molecule has 1 radical (unpaired) electrons. The first-order valence-corrected chi connectivity index (χ1v) is 25.3. The number of carbonyl (C=O) groups excluding carboxylic acids is 2. The number of ketones is 2. The van der Waals surface area contributed by atoms with Gasteiger partial charge < -0.3 is 35.3 Å². The smallest absolute Gasteiger partial charge is 0.319 e. The van der Waals surface area contributed by atoms with Crippen LogP contribution in [0.5, 0.6) is 0 Å². The number of nitrogens with zero attached hydrogens (tertiary/aromatic N) is 10. The molecule has 2 aliphatic heterocycles. The van der Waals surface area contributed by atoms with Gasteiger partial charge in [-0.05, 0) is 110 Å². The Labute approximate surface area is 454 Å². The van der Waals surface area contributed by atoms with Crippen molar-refractivity contribution in [2.45, 2.75) is 66.2 Å². The number of hydrogen-bond acceptors (Lipinski definition) is 15. The van der Waals surface area contributed by atoms with Gasteiger partial charge in [0.15, 0.2) is 17.3 Å². The van der Waals surface area contributed by atoms with Crippen molar-refractivity contribution in [1.29, 1.82) is 0 Å². The Kier molecular flexibility index (Phi) is 16.6. The van der Waals surface area contributed by atoms with E-state index in [4.69, 9.17) is 0 Å². The van der Waals surface area contributed by atoms with Gasteiger partial charge in [0.2, 0.25) is 5.69 Å². The summed E-state index contributed by atoms with van der Waals surface area (Å²) in [4.78, 5) is 52.1. The van der Waals surface area contributed by atoms with Crippen molar-refractivity contribution < 1.29 is 51.0 Å². The van der Waals surface area contributed by atoms with E-state index in [1.165, 1.54) is 67.6 Å². The van der Waals surface area contributed by atoms with Gasteiger partial charge >= 0.3 is 10.0 Å². The van der Waals surface area contributed by atoms with Gasteiger partial charge in [0, 0.05) is 92.0 Å². The third-order valence-electron chi connectivity index (χ3n) is 12.9. The summed E-state index contributed by atoms with van der Waals surface area (Å²) in [6.45, 7) is 19.1. The van der Waals surface area contributed by atoms with Crippen molar-refractivity contribution in [2.24, 2.45) is 20.4 Å². The van der Waals surface area contributed by atoms with Gasteiger partial charge in [-0.2, -0.15) is 4.58 Å². The second kappa shape index (κ2) is 22.7. The first-order chi connectivity index (χ1) is 35.7. The number of rotatable bonds is 8. The molecule has 4 aromatic carbocycles. The molecular weight excluding hydrogens is 1050 g/mol. The molecular formula is C55H51CoN10O8S2-. The van der Waals surface area contributed by atoms with Crippen LogP contribution < -0.4 is 24.5 Å². The Morgan fingerprint density at radius 2 is 1.17 bits per heavy atom. The number of hydrogen-bond donors (Lipinski definition) is 2. The van der Waals surface area contributed by atoms with Crippen molar-refractivity contribution in [2.75, 3.05) is 18.0 Å². The number of thiazole rings is 2. The molecule has 0 saturated carbocycles. The molecule has 0 unspecified atom stereocenters. The zero-order valence-electron chi connectivity index (χ0n) is 42.5. The molecule has 10 rings (SSSR count). The van der Waals surface area contributed by atoms with Crippen LogP contribution in [0.4, 0.5) is 21.4 Å². The number of aliphatic hydroxyl groups is 2. The van der Waals surface area contributed by atoms with E-state index in [-0.39, 0.29) is 81.7 Å². The van der Waals surface area contributed by atoms with Crippen molar-refractivity contribution in [3.8, 4) is 0 Å². The van der Waals surface area contributed by atoms with Crippen LogP contribution in [-0.4, -0.2) is 66.4 Å². The van der Waals surface area contributed by atoms with E-state index in [2.05, 4.69) is 172 Å². The molecule has 2 N–H and O–H groups in total. The topological polar surface area (TPSA) is 245 Å². The Morgan fingerprint density at radius 3 is 1.63 bits per heavy atom. The van der Waals surface area contributed by atoms with Crippen molar-refractivity contribution in [1.82, 2.24) is 9.97 Å². The zero-order valence-corrected chi connectivity index (χ0v) is 45.2. The van der Waals surface area contributed by atoms with Crippen molar-refractivity contribution in [3.05, 3.63) is 197 Å². The Balaban J connectivity index is 0.000000182. The van der Waals surface area contributed by atoms with Crippen LogP contribution in [-0.2, 0) is 37.2 Å². The minimum absolute atomic E-state index is 0. The summed E-state index contributed by atoms with van der Waals surface area (Å²) >= 11 is 1.52. The van der Waals surface area contributed by atoms with Crippen LogP contribution in [0, 0.1) is 20.2 Å². The molecule has 2 aliphatic carbocycles. The van der Waals surface area contributed by atoms with Crippen molar-refractivity contribution in [3.63, 3.8) is 0 Å². The average Bonchev–Trinajstić information content (AvgIpc) is 4.14. The number of aliphatic hydroxyl groups excluding tert-OH is 2. The van der Waals surface area contributed by atoms with Crippen LogP contribution in [0.25, 0.3) is 21.5 Å². The van der Waals surface area contributed by atoms with Gasteiger partial charge in [-0.1, -0.05) is 97.2 Å². The largest absolute Gasteiger partial charge is 0.506 e. The molecule has 0 fully saturated rings.